The molecule has 5 heteroatoms. The first-order chi connectivity index (χ1) is 12.8. The summed E-state index contributed by atoms with van der Waals surface area (Å²) in [5.74, 6) is 1.72. The van der Waals surface area contributed by atoms with Gasteiger partial charge in [-0.15, -0.1) is 0 Å². The Balaban J connectivity index is 1.43. The van der Waals surface area contributed by atoms with Crippen LogP contribution in [0.5, 0.6) is 5.75 Å². The summed E-state index contributed by atoms with van der Waals surface area (Å²) in [6.45, 7) is 6.87. The van der Waals surface area contributed by atoms with Crippen molar-refractivity contribution < 1.29 is 14.2 Å². The molecular weight excluding hydrogens is 328 g/mol. The van der Waals surface area contributed by atoms with E-state index in [2.05, 4.69) is 34.5 Å². The van der Waals surface area contributed by atoms with Gasteiger partial charge in [-0.2, -0.15) is 0 Å². The molecule has 4 rings (SSSR count). The zero-order valence-corrected chi connectivity index (χ0v) is 15.9. The second kappa shape index (κ2) is 8.26. The predicted molar refractivity (Wildman–Crippen MR) is 102 cm³/mol. The lowest BCUT2D eigenvalue weighted by Gasteiger charge is -2.47. The van der Waals surface area contributed by atoms with Crippen LogP contribution in [0.1, 0.15) is 37.3 Å². The van der Waals surface area contributed by atoms with E-state index in [1.165, 1.54) is 12.0 Å². The molecule has 144 valence electrons. The molecule has 0 aromatic heterocycles. The molecule has 0 saturated carbocycles. The highest BCUT2D eigenvalue weighted by Crippen LogP contribution is 2.44. The number of benzene rings is 1. The Kier molecular flexibility index (Phi) is 5.79. The average molecular weight is 360 g/mol. The van der Waals surface area contributed by atoms with Crippen molar-refractivity contribution in [1.82, 2.24) is 10.2 Å². The van der Waals surface area contributed by atoms with E-state index < -0.39 is 0 Å². The van der Waals surface area contributed by atoms with Crippen LogP contribution in [0.4, 0.5) is 0 Å². The molecule has 3 aliphatic heterocycles. The van der Waals surface area contributed by atoms with Crippen LogP contribution in [-0.4, -0.2) is 63.6 Å². The van der Waals surface area contributed by atoms with Gasteiger partial charge in [0.1, 0.15) is 11.4 Å². The minimum atomic E-state index is -0.0260. The van der Waals surface area contributed by atoms with E-state index in [0.717, 1.165) is 71.0 Å². The van der Waals surface area contributed by atoms with Crippen molar-refractivity contribution in [3.63, 3.8) is 0 Å². The van der Waals surface area contributed by atoms with Gasteiger partial charge >= 0.3 is 0 Å². The number of piperidine rings is 1. The van der Waals surface area contributed by atoms with Crippen LogP contribution in [0.2, 0.25) is 0 Å². The van der Waals surface area contributed by atoms with E-state index >= 15 is 0 Å². The van der Waals surface area contributed by atoms with E-state index in [4.69, 9.17) is 14.2 Å². The first kappa shape index (κ1) is 18.2. The summed E-state index contributed by atoms with van der Waals surface area (Å²) in [5, 5.41) is 3.84. The highest BCUT2D eigenvalue weighted by atomic mass is 16.5. The smallest absolute Gasteiger partial charge is 0.124 e. The normalized spacial score (nSPS) is 28.0. The molecule has 5 nitrogen and oxygen atoms in total. The van der Waals surface area contributed by atoms with Crippen LogP contribution in [0, 0.1) is 5.92 Å². The van der Waals surface area contributed by atoms with Crippen LogP contribution in [0.3, 0.4) is 0 Å². The van der Waals surface area contributed by atoms with Gasteiger partial charge in [0.15, 0.2) is 0 Å². The fourth-order valence-electron chi connectivity index (χ4n) is 4.56. The number of para-hydroxylation sites is 1. The summed E-state index contributed by atoms with van der Waals surface area (Å²) >= 11 is 0. The number of methoxy groups -OCH3 is 1. The molecule has 1 aromatic carbocycles. The number of hydrogen-bond acceptors (Lipinski definition) is 5. The van der Waals surface area contributed by atoms with E-state index in [0.29, 0.717) is 12.0 Å². The zero-order valence-electron chi connectivity index (χ0n) is 15.9. The molecule has 3 heterocycles. The molecule has 1 aromatic rings. The van der Waals surface area contributed by atoms with Gasteiger partial charge in [0, 0.05) is 57.9 Å². The summed E-state index contributed by atoms with van der Waals surface area (Å²) in [6.07, 6.45) is 4.43. The first-order valence-corrected chi connectivity index (χ1v) is 10.1. The summed E-state index contributed by atoms with van der Waals surface area (Å²) in [7, 11) is 1.78. The van der Waals surface area contributed by atoms with Gasteiger partial charge in [0.2, 0.25) is 0 Å². The molecule has 0 amide bonds. The standard InChI is InChI=1S/C21H32N2O3/c1-24-13-11-23-9-7-21(8-10-23)14-19(22-15-17-6-12-25-16-17)18-4-2-3-5-20(18)26-21/h2-5,17,19,22H,6-16H2,1H3. The van der Waals surface area contributed by atoms with Crippen molar-refractivity contribution >= 4 is 0 Å². The van der Waals surface area contributed by atoms with Gasteiger partial charge in [-0.25, -0.2) is 0 Å². The quantitative estimate of drug-likeness (QED) is 0.845. The third-order valence-corrected chi connectivity index (χ3v) is 6.25. The Bertz CT molecular complexity index is 580. The molecule has 2 unspecified atom stereocenters. The van der Waals surface area contributed by atoms with E-state index in [9.17, 15) is 0 Å². The summed E-state index contributed by atoms with van der Waals surface area (Å²) in [4.78, 5) is 2.50. The number of nitrogens with one attached hydrogen (secondary N) is 1. The molecular formula is C21H32N2O3. The summed E-state index contributed by atoms with van der Waals surface area (Å²) in [6, 6.07) is 8.96. The number of ether oxygens (including phenoxy) is 3. The van der Waals surface area contributed by atoms with Gasteiger partial charge < -0.3 is 24.4 Å². The van der Waals surface area contributed by atoms with Crippen molar-refractivity contribution in [2.45, 2.75) is 37.3 Å². The molecule has 0 bridgehead atoms. The molecule has 26 heavy (non-hydrogen) atoms. The zero-order chi connectivity index (χ0) is 17.8. The molecule has 2 fully saturated rings. The van der Waals surface area contributed by atoms with Crippen molar-refractivity contribution in [2.24, 2.45) is 5.92 Å². The van der Waals surface area contributed by atoms with Gasteiger partial charge in [0.25, 0.3) is 0 Å². The average Bonchev–Trinajstić information content (AvgIpc) is 3.19. The third-order valence-electron chi connectivity index (χ3n) is 6.25. The Morgan fingerprint density at radius 1 is 1.27 bits per heavy atom. The van der Waals surface area contributed by atoms with E-state index in [1.807, 2.05) is 0 Å². The third kappa shape index (κ3) is 4.06. The second-order valence-corrected chi connectivity index (χ2v) is 8.05. The molecule has 2 saturated heterocycles. The Morgan fingerprint density at radius 3 is 2.88 bits per heavy atom. The lowest BCUT2D eigenvalue weighted by atomic mass is 9.80. The highest BCUT2D eigenvalue weighted by molar-refractivity contribution is 5.39. The van der Waals surface area contributed by atoms with Crippen LogP contribution in [0.15, 0.2) is 24.3 Å². The van der Waals surface area contributed by atoms with Crippen LogP contribution in [-0.2, 0) is 9.47 Å². The second-order valence-electron chi connectivity index (χ2n) is 8.05. The maximum absolute atomic E-state index is 6.59. The number of fused-ring (bicyclic) bond motifs is 1. The fourth-order valence-corrected chi connectivity index (χ4v) is 4.56. The van der Waals surface area contributed by atoms with Crippen molar-refractivity contribution in [3.05, 3.63) is 29.8 Å². The number of rotatable bonds is 6. The Hall–Kier alpha value is -1.14. The van der Waals surface area contributed by atoms with Gasteiger partial charge in [0.05, 0.1) is 13.2 Å². The lowest BCUT2D eigenvalue weighted by molar-refractivity contribution is -0.0291. The number of nitrogens with zero attached hydrogens (tertiary/aromatic N) is 1. The van der Waals surface area contributed by atoms with E-state index in [-0.39, 0.29) is 5.60 Å². The minimum absolute atomic E-state index is 0.0260. The van der Waals surface area contributed by atoms with Crippen LogP contribution < -0.4 is 10.1 Å². The maximum Gasteiger partial charge on any atom is 0.124 e. The topological polar surface area (TPSA) is 43.0 Å². The molecule has 2 atom stereocenters. The Labute approximate surface area is 157 Å². The molecule has 1 N–H and O–H groups in total. The van der Waals surface area contributed by atoms with Gasteiger partial charge in [-0.05, 0) is 31.2 Å². The molecule has 0 radical (unpaired) electrons. The Morgan fingerprint density at radius 2 is 2.12 bits per heavy atom. The van der Waals surface area contributed by atoms with Crippen molar-refractivity contribution in [2.75, 3.05) is 53.1 Å². The van der Waals surface area contributed by atoms with E-state index in [1.54, 1.807) is 7.11 Å². The summed E-state index contributed by atoms with van der Waals surface area (Å²) in [5.41, 5.74) is 1.29. The largest absolute Gasteiger partial charge is 0.487 e. The molecule has 3 aliphatic rings. The summed E-state index contributed by atoms with van der Waals surface area (Å²) < 4.78 is 17.4. The molecule has 0 aliphatic carbocycles. The van der Waals surface area contributed by atoms with Crippen LogP contribution >= 0.6 is 0 Å². The van der Waals surface area contributed by atoms with Crippen molar-refractivity contribution in [3.8, 4) is 5.75 Å². The highest BCUT2D eigenvalue weighted by Gasteiger charge is 2.43. The SMILES string of the molecule is COCCN1CCC2(CC1)CC(NCC1CCOC1)c1ccccc1O2. The van der Waals surface area contributed by atoms with Gasteiger partial charge in [-0.3, -0.25) is 0 Å². The first-order valence-electron chi connectivity index (χ1n) is 10.1. The maximum atomic E-state index is 6.59. The molecule has 1 spiro atoms. The van der Waals surface area contributed by atoms with Gasteiger partial charge in [-0.1, -0.05) is 18.2 Å². The van der Waals surface area contributed by atoms with Crippen LogP contribution in [0.25, 0.3) is 0 Å². The minimum Gasteiger partial charge on any atom is -0.487 e. The number of hydrogen-bond donors (Lipinski definition) is 1. The monoisotopic (exact) mass is 360 g/mol. The predicted octanol–water partition coefficient (Wildman–Crippen LogP) is 2.62. The van der Waals surface area contributed by atoms with Crippen molar-refractivity contribution in [1.29, 1.82) is 0 Å². The number of likely N-dealkylation sites (tertiary alicyclic amines) is 1. The lowest BCUT2D eigenvalue weighted by Crippen LogP contribution is -2.52. The fraction of sp³-hybridized carbons (Fsp3) is 0.714.